The van der Waals surface area contributed by atoms with E-state index in [4.69, 9.17) is 29.0 Å². The van der Waals surface area contributed by atoms with Crippen LogP contribution in [0.2, 0.25) is 0 Å². The lowest BCUT2D eigenvalue weighted by Crippen LogP contribution is -2.54. The smallest absolute Gasteiger partial charge is 0.306 e. The van der Waals surface area contributed by atoms with Crippen LogP contribution in [-0.4, -0.2) is 91.5 Å². The van der Waals surface area contributed by atoms with Crippen LogP contribution in [0.5, 0.6) is 5.75 Å². The summed E-state index contributed by atoms with van der Waals surface area (Å²) in [6.45, 7) is 10.2. The van der Waals surface area contributed by atoms with Gasteiger partial charge in [-0.3, -0.25) is 19.9 Å². The number of hydrogen-bond acceptors (Lipinski definition) is 10. The van der Waals surface area contributed by atoms with Crippen molar-refractivity contribution in [1.29, 1.82) is 0 Å². The Morgan fingerprint density at radius 2 is 1.63 bits per heavy atom. The Hall–Kier alpha value is -4.29. The number of nitrogens with zero attached hydrogens (tertiary/aromatic N) is 2. The molecule has 3 N–H and O–H groups in total. The molecule has 1 fully saturated rings. The van der Waals surface area contributed by atoms with Crippen LogP contribution < -0.4 is 15.6 Å². The molecule has 11 heteroatoms. The summed E-state index contributed by atoms with van der Waals surface area (Å²) >= 11 is 0. The van der Waals surface area contributed by atoms with Gasteiger partial charge in [-0.25, -0.2) is 10.4 Å². The van der Waals surface area contributed by atoms with E-state index in [-0.39, 0.29) is 25.3 Å². The van der Waals surface area contributed by atoms with E-state index >= 15 is 0 Å². The molecular formula is C38H48N4O7. The number of morpholine rings is 1. The molecule has 0 bridgehead atoms. The highest BCUT2D eigenvalue weighted by Crippen LogP contribution is 2.43. The Morgan fingerprint density at radius 3 is 2.31 bits per heavy atom. The van der Waals surface area contributed by atoms with Crippen LogP contribution in [0.25, 0.3) is 11.1 Å². The molecule has 2 aliphatic rings. The zero-order valence-corrected chi connectivity index (χ0v) is 28.7. The van der Waals surface area contributed by atoms with Gasteiger partial charge >= 0.3 is 5.97 Å². The molecule has 0 saturated carbocycles. The fourth-order valence-corrected chi connectivity index (χ4v) is 5.83. The Labute approximate surface area is 288 Å². The first-order valence-corrected chi connectivity index (χ1v) is 17.0. The average Bonchev–Trinajstić information content (AvgIpc) is 3.51. The summed E-state index contributed by atoms with van der Waals surface area (Å²) in [6, 6.07) is 25.2. The van der Waals surface area contributed by atoms with Gasteiger partial charge in [0, 0.05) is 51.2 Å². The van der Waals surface area contributed by atoms with Crippen LogP contribution in [0.15, 0.2) is 83.9 Å². The molecule has 3 aromatic carbocycles. The summed E-state index contributed by atoms with van der Waals surface area (Å²) in [5.41, 5.74) is 7.31. The fraction of sp³-hybridized carbons (Fsp3) is 0.447. The number of esters is 1. The second-order valence-electron chi connectivity index (χ2n) is 13.2. The zero-order chi connectivity index (χ0) is 34.7. The Kier molecular flexibility index (Phi) is 12.4. The Balaban J connectivity index is 1.45. The van der Waals surface area contributed by atoms with Gasteiger partial charge in [-0.05, 0) is 68.1 Å². The van der Waals surface area contributed by atoms with Gasteiger partial charge in [0.15, 0.2) is 11.6 Å². The number of hydrazine groups is 1. The number of hydrogen-bond donors (Lipinski definition) is 3. The van der Waals surface area contributed by atoms with E-state index in [0.29, 0.717) is 44.1 Å². The monoisotopic (exact) mass is 672 g/mol. The third-order valence-corrected chi connectivity index (χ3v) is 8.34. The van der Waals surface area contributed by atoms with Crippen molar-refractivity contribution >= 4 is 17.8 Å². The van der Waals surface area contributed by atoms with Crippen molar-refractivity contribution in [3.05, 3.63) is 90.0 Å². The molecule has 0 spiro atoms. The second kappa shape index (κ2) is 16.9. The van der Waals surface area contributed by atoms with Gasteiger partial charge in [-0.15, -0.1) is 0 Å². The van der Waals surface area contributed by atoms with Gasteiger partial charge in [0.2, 0.25) is 5.90 Å². The number of aliphatic hydroxyl groups excluding tert-OH is 1. The maximum Gasteiger partial charge on any atom is 0.306 e. The molecule has 0 aromatic heterocycles. The summed E-state index contributed by atoms with van der Waals surface area (Å²) in [5.74, 6) is 0.0919. The van der Waals surface area contributed by atoms with Gasteiger partial charge in [-0.1, -0.05) is 54.6 Å². The molecule has 49 heavy (non-hydrogen) atoms. The highest BCUT2D eigenvalue weighted by atomic mass is 16.6. The normalized spacial score (nSPS) is 19.5. The van der Waals surface area contributed by atoms with Crippen LogP contribution in [0.3, 0.4) is 0 Å². The van der Waals surface area contributed by atoms with Crippen molar-refractivity contribution in [3.63, 3.8) is 0 Å². The third kappa shape index (κ3) is 9.88. The highest BCUT2D eigenvalue weighted by molar-refractivity contribution is 6.01. The summed E-state index contributed by atoms with van der Waals surface area (Å²) in [7, 11) is 0. The number of carbonyl (C=O) groups excluding carboxylic acids is 2. The van der Waals surface area contributed by atoms with Gasteiger partial charge in [-0.2, -0.15) is 0 Å². The first-order valence-electron chi connectivity index (χ1n) is 17.0. The van der Waals surface area contributed by atoms with Crippen molar-refractivity contribution in [2.45, 2.75) is 57.3 Å². The number of carbonyl (C=O) groups is 2. The summed E-state index contributed by atoms with van der Waals surface area (Å²) < 4.78 is 23.4. The summed E-state index contributed by atoms with van der Waals surface area (Å²) in [4.78, 5) is 34.7. The molecule has 0 unspecified atom stereocenters. The van der Waals surface area contributed by atoms with E-state index in [1.807, 2.05) is 87.5 Å². The summed E-state index contributed by atoms with van der Waals surface area (Å²) in [6.07, 6.45) is -0.306. The van der Waals surface area contributed by atoms with Crippen molar-refractivity contribution in [1.82, 2.24) is 15.8 Å². The Bertz CT molecular complexity index is 1540. The van der Waals surface area contributed by atoms with Gasteiger partial charge < -0.3 is 24.1 Å². The maximum absolute atomic E-state index is 14.4. The lowest BCUT2D eigenvalue weighted by atomic mass is 9.83. The SMILES string of the molecule is CC(C)(C)OC(=O)CC[C@]1(C(=O)NNCCN2CCOCC2)N=C(c2ccc(OCCCO)cc2)O[C@H]1c1ccc(-c2ccccc2)cc1. The number of rotatable bonds is 15. The van der Waals surface area contributed by atoms with Crippen molar-refractivity contribution in [2.75, 3.05) is 52.6 Å². The predicted octanol–water partition coefficient (Wildman–Crippen LogP) is 4.45. The molecular weight excluding hydrogens is 624 g/mol. The largest absolute Gasteiger partial charge is 0.494 e. The maximum atomic E-state index is 14.4. The minimum absolute atomic E-state index is 0.0468. The number of benzene rings is 3. The van der Waals surface area contributed by atoms with E-state index in [0.717, 1.165) is 36.3 Å². The minimum Gasteiger partial charge on any atom is -0.494 e. The van der Waals surface area contributed by atoms with E-state index in [1.54, 1.807) is 12.1 Å². The van der Waals surface area contributed by atoms with Crippen molar-refractivity contribution in [3.8, 4) is 16.9 Å². The number of nitrogens with one attached hydrogen (secondary N) is 2. The van der Waals surface area contributed by atoms with E-state index in [1.165, 1.54) is 0 Å². The molecule has 1 amide bonds. The van der Waals surface area contributed by atoms with Gasteiger partial charge in [0.25, 0.3) is 5.91 Å². The topological polar surface area (TPSA) is 131 Å². The molecule has 3 aromatic rings. The lowest BCUT2D eigenvalue weighted by Gasteiger charge is -2.31. The van der Waals surface area contributed by atoms with E-state index in [2.05, 4.69) is 15.8 Å². The number of ether oxygens (including phenoxy) is 4. The van der Waals surface area contributed by atoms with Crippen LogP contribution in [0, 0.1) is 0 Å². The number of amides is 1. The first kappa shape index (κ1) is 36.0. The first-order chi connectivity index (χ1) is 23.7. The van der Waals surface area contributed by atoms with Crippen LogP contribution in [0.1, 0.15) is 57.3 Å². The molecule has 0 radical (unpaired) electrons. The van der Waals surface area contributed by atoms with Crippen LogP contribution >= 0.6 is 0 Å². The van der Waals surface area contributed by atoms with Crippen LogP contribution in [-0.2, 0) is 23.8 Å². The highest BCUT2D eigenvalue weighted by Gasteiger charge is 2.53. The van der Waals surface area contributed by atoms with Crippen LogP contribution in [0.4, 0.5) is 0 Å². The van der Waals surface area contributed by atoms with Gasteiger partial charge in [0.1, 0.15) is 11.4 Å². The molecule has 2 heterocycles. The Morgan fingerprint density at radius 1 is 0.959 bits per heavy atom. The van der Waals surface area contributed by atoms with E-state index < -0.39 is 29.1 Å². The quantitative estimate of drug-likeness (QED) is 0.122. The van der Waals surface area contributed by atoms with Crippen molar-refractivity contribution < 1.29 is 33.6 Å². The predicted molar refractivity (Wildman–Crippen MR) is 187 cm³/mol. The van der Waals surface area contributed by atoms with Crippen molar-refractivity contribution in [2.24, 2.45) is 4.99 Å². The molecule has 1 saturated heterocycles. The third-order valence-electron chi connectivity index (χ3n) is 8.34. The minimum atomic E-state index is -1.50. The molecule has 262 valence electrons. The van der Waals surface area contributed by atoms with E-state index in [9.17, 15) is 9.59 Å². The number of aliphatic imine (C=N–C) groups is 1. The molecule has 5 rings (SSSR count). The molecule has 0 aliphatic carbocycles. The lowest BCUT2D eigenvalue weighted by molar-refractivity contribution is -0.155. The molecule has 11 nitrogen and oxygen atoms in total. The standard InChI is InChI=1S/C38H48N4O7/c1-37(2,3)49-33(44)18-19-38(36(45)41-39-20-21-42-22-26-46-27-23-42)34(30-12-10-29(11-13-30)28-8-5-4-6-9-28)48-35(40-38)31-14-16-32(17-15-31)47-25-7-24-43/h4-6,8-17,34,39,43H,7,18-27H2,1-3H3,(H,41,45)/t34-,38-/m0/s1. The zero-order valence-electron chi connectivity index (χ0n) is 28.7. The molecule has 2 atom stereocenters. The fourth-order valence-electron chi connectivity index (χ4n) is 5.83. The number of aliphatic hydroxyl groups is 1. The van der Waals surface area contributed by atoms with Gasteiger partial charge in [0.05, 0.1) is 19.8 Å². The average molecular weight is 673 g/mol. The second-order valence-corrected chi connectivity index (χ2v) is 13.2. The molecule has 2 aliphatic heterocycles. The summed E-state index contributed by atoms with van der Waals surface area (Å²) in [5, 5.41) is 9.09.